The van der Waals surface area contributed by atoms with Crippen LogP contribution in [0.1, 0.15) is 76.5 Å². The minimum Gasteiger partial charge on any atom is -0.381 e. The summed E-state index contributed by atoms with van der Waals surface area (Å²) in [7, 11) is 0. The first kappa shape index (κ1) is 30.0. The molecule has 2 aliphatic heterocycles. The van der Waals surface area contributed by atoms with Crippen molar-refractivity contribution in [2.24, 2.45) is 5.92 Å². The maximum atomic E-state index is 14.1. The largest absolute Gasteiger partial charge is 0.416 e. The molecule has 1 saturated carbocycles. The van der Waals surface area contributed by atoms with E-state index in [9.17, 15) is 38.1 Å². The Morgan fingerprint density at radius 2 is 1.81 bits per heavy atom. The van der Waals surface area contributed by atoms with Gasteiger partial charge < -0.3 is 15.0 Å². The number of benzene rings is 1. The first-order valence-electron chi connectivity index (χ1n) is 14.1. The molecule has 1 saturated heterocycles. The van der Waals surface area contributed by atoms with Gasteiger partial charge in [0.2, 0.25) is 0 Å². The molecule has 2 aromatic rings. The first-order valence-corrected chi connectivity index (χ1v) is 14.1. The molecule has 43 heavy (non-hydrogen) atoms. The number of alkyl halides is 3. The molecule has 1 aliphatic carbocycles. The van der Waals surface area contributed by atoms with Gasteiger partial charge in [-0.15, -0.1) is 0 Å². The number of halogens is 3. The zero-order valence-electron chi connectivity index (χ0n) is 23.4. The Morgan fingerprint density at radius 3 is 2.40 bits per heavy atom. The van der Waals surface area contributed by atoms with Gasteiger partial charge in [-0.05, 0) is 56.7 Å². The number of anilines is 1. The summed E-state index contributed by atoms with van der Waals surface area (Å²) in [5, 5.41) is 26.1. The predicted octanol–water partition coefficient (Wildman–Crippen LogP) is 3.40. The van der Waals surface area contributed by atoms with Gasteiger partial charge in [0, 0.05) is 36.8 Å². The molecule has 2 fully saturated rings. The van der Waals surface area contributed by atoms with Crippen LogP contribution in [0, 0.1) is 28.6 Å². The van der Waals surface area contributed by atoms with E-state index < -0.39 is 41.4 Å². The fraction of sp³-hybridized carbons (Fsp3) is 0.517. The van der Waals surface area contributed by atoms with Crippen LogP contribution in [0.3, 0.4) is 0 Å². The van der Waals surface area contributed by atoms with E-state index in [1.165, 1.54) is 11.0 Å². The van der Waals surface area contributed by atoms with Crippen LogP contribution in [0.4, 0.5) is 19.0 Å². The average Bonchev–Trinajstić information content (AvgIpc) is 3.76. The lowest BCUT2D eigenvalue weighted by molar-refractivity contribution is -0.137. The summed E-state index contributed by atoms with van der Waals surface area (Å²) in [6.07, 6.45) is -2.09. The molecular formula is C29H30F3N7O4. The van der Waals surface area contributed by atoms with Crippen molar-refractivity contribution in [1.82, 2.24) is 20.0 Å². The standard InChI is InChI=1S/C29H30F3N7O4/c1-2-38-26-22(24(27(41)37(12-10-33)13-11-34)36-39(26)20-8-14-43-15-9-20)21(17-6-7-17)23(28(38)42)35-25(40)18-4-3-5-19(16-18)29(30,31)32/h3-5,16-17,20-21,23H,2,6-9,12-15H2,1H3,(H,35,40). The topological polar surface area (TPSA) is 144 Å². The van der Waals surface area contributed by atoms with Gasteiger partial charge in [-0.2, -0.15) is 28.8 Å². The van der Waals surface area contributed by atoms with Gasteiger partial charge in [0.15, 0.2) is 5.69 Å². The number of nitrogens with zero attached hydrogens (tertiary/aromatic N) is 6. The number of aromatic nitrogens is 2. The van der Waals surface area contributed by atoms with E-state index in [0.29, 0.717) is 50.3 Å². The van der Waals surface area contributed by atoms with Crippen LogP contribution in [-0.2, 0) is 15.7 Å². The van der Waals surface area contributed by atoms with Crippen molar-refractivity contribution in [3.05, 3.63) is 46.6 Å². The molecule has 5 rings (SSSR count). The predicted molar refractivity (Wildman–Crippen MR) is 145 cm³/mol. The Kier molecular flexibility index (Phi) is 8.42. The van der Waals surface area contributed by atoms with Crippen LogP contribution in [0.15, 0.2) is 24.3 Å². The van der Waals surface area contributed by atoms with Gasteiger partial charge in [-0.1, -0.05) is 6.07 Å². The molecule has 0 bridgehead atoms. The van der Waals surface area contributed by atoms with Gasteiger partial charge in [0.05, 0.1) is 23.7 Å². The molecule has 3 aliphatic rings. The highest BCUT2D eigenvalue weighted by atomic mass is 19.4. The van der Waals surface area contributed by atoms with E-state index in [4.69, 9.17) is 9.84 Å². The van der Waals surface area contributed by atoms with Gasteiger partial charge in [-0.3, -0.25) is 19.3 Å². The highest BCUT2D eigenvalue weighted by Gasteiger charge is 2.52. The molecule has 226 valence electrons. The molecule has 1 aromatic heterocycles. The highest BCUT2D eigenvalue weighted by Crippen LogP contribution is 2.52. The molecule has 2 unspecified atom stereocenters. The van der Waals surface area contributed by atoms with Crippen molar-refractivity contribution in [3.8, 4) is 12.1 Å². The number of nitriles is 2. The maximum absolute atomic E-state index is 14.1. The minimum atomic E-state index is -4.66. The Morgan fingerprint density at radius 1 is 1.14 bits per heavy atom. The molecule has 0 radical (unpaired) electrons. The monoisotopic (exact) mass is 597 g/mol. The number of carbonyl (C=O) groups excluding carboxylic acids is 3. The number of nitrogens with one attached hydrogen (secondary N) is 1. The Hall–Kier alpha value is -4.43. The molecule has 11 nitrogen and oxygen atoms in total. The Bertz CT molecular complexity index is 1480. The van der Waals surface area contributed by atoms with Gasteiger partial charge >= 0.3 is 6.18 Å². The molecule has 3 heterocycles. The number of hydrogen-bond donors (Lipinski definition) is 1. The van der Waals surface area contributed by atoms with E-state index >= 15 is 0 Å². The molecule has 0 spiro atoms. The Labute approximate surface area is 245 Å². The molecule has 3 amide bonds. The van der Waals surface area contributed by atoms with E-state index in [-0.39, 0.29) is 42.9 Å². The minimum absolute atomic E-state index is 0.00633. The van der Waals surface area contributed by atoms with Crippen molar-refractivity contribution in [2.75, 3.05) is 37.7 Å². The quantitative estimate of drug-likeness (QED) is 0.459. The van der Waals surface area contributed by atoms with Crippen LogP contribution in [0.5, 0.6) is 0 Å². The first-order chi connectivity index (χ1) is 20.6. The SMILES string of the molecule is CCN1C(=O)C(NC(=O)c2cccc(C(F)(F)F)c2)C(C2CC2)c2c(C(=O)N(CC#N)CC#N)nn(C3CCOCC3)c21. The van der Waals surface area contributed by atoms with Crippen LogP contribution in [-0.4, -0.2) is 71.3 Å². The number of hydrogen-bond acceptors (Lipinski definition) is 7. The van der Waals surface area contributed by atoms with E-state index in [0.717, 1.165) is 23.1 Å². The lowest BCUT2D eigenvalue weighted by Crippen LogP contribution is -2.56. The van der Waals surface area contributed by atoms with Crippen LogP contribution >= 0.6 is 0 Å². The fourth-order valence-corrected chi connectivity index (χ4v) is 5.95. The van der Waals surface area contributed by atoms with Crippen molar-refractivity contribution in [2.45, 2.75) is 56.8 Å². The second kappa shape index (κ2) is 12.1. The van der Waals surface area contributed by atoms with Crippen molar-refractivity contribution in [3.63, 3.8) is 0 Å². The lowest BCUT2D eigenvalue weighted by atomic mass is 9.82. The summed E-state index contributed by atoms with van der Waals surface area (Å²) in [6, 6.07) is 6.38. The van der Waals surface area contributed by atoms with Crippen molar-refractivity contribution in [1.29, 1.82) is 10.5 Å². The van der Waals surface area contributed by atoms with Gasteiger partial charge in [-0.25, -0.2) is 4.68 Å². The summed E-state index contributed by atoms with van der Waals surface area (Å²) >= 11 is 0. The number of amides is 3. The summed E-state index contributed by atoms with van der Waals surface area (Å²) in [5.74, 6) is -2.33. The maximum Gasteiger partial charge on any atom is 0.416 e. The Balaban J connectivity index is 1.62. The third-order valence-electron chi connectivity index (χ3n) is 8.14. The van der Waals surface area contributed by atoms with Crippen LogP contribution in [0.2, 0.25) is 0 Å². The smallest absolute Gasteiger partial charge is 0.381 e. The van der Waals surface area contributed by atoms with Gasteiger partial charge in [0.1, 0.15) is 24.9 Å². The average molecular weight is 598 g/mol. The van der Waals surface area contributed by atoms with Crippen molar-refractivity contribution >= 4 is 23.5 Å². The molecule has 2 atom stereocenters. The summed E-state index contributed by atoms with van der Waals surface area (Å²) in [5.41, 5.74) is -0.815. The zero-order valence-corrected chi connectivity index (χ0v) is 23.4. The van der Waals surface area contributed by atoms with Crippen molar-refractivity contribution < 1.29 is 32.3 Å². The van der Waals surface area contributed by atoms with E-state index in [1.54, 1.807) is 11.6 Å². The number of ether oxygens (including phenoxy) is 1. The summed E-state index contributed by atoms with van der Waals surface area (Å²) < 4.78 is 47.2. The van der Waals surface area contributed by atoms with E-state index in [1.807, 2.05) is 12.1 Å². The normalized spacial score (nSPS) is 20.6. The summed E-state index contributed by atoms with van der Waals surface area (Å²) in [4.78, 5) is 43.8. The van der Waals surface area contributed by atoms with E-state index in [2.05, 4.69) is 5.32 Å². The van der Waals surface area contributed by atoms with Gasteiger partial charge in [0.25, 0.3) is 17.7 Å². The number of likely N-dealkylation sites (N-methyl/N-ethyl adjacent to an activating group) is 1. The van der Waals surface area contributed by atoms with Crippen LogP contribution < -0.4 is 10.2 Å². The lowest BCUT2D eigenvalue weighted by Gasteiger charge is -2.39. The summed E-state index contributed by atoms with van der Waals surface area (Å²) in [6.45, 7) is 2.11. The molecular weight excluding hydrogens is 567 g/mol. The third kappa shape index (κ3) is 5.79. The fourth-order valence-electron chi connectivity index (χ4n) is 5.95. The molecule has 14 heteroatoms. The number of fused-ring (bicyclic) bond motifs is 1. The van der Waals surface area contributed by atoms with Crippen LogP contribution in [0.25, 0.3) is 0 Å². The number of rotatable bonds is 8. The number of carbonyl (C=O) groups is 3. The molecule has 1 aromatic carbocycles. The highest BCUT2D eigenvalue weighted by molar-refractivity contribution is 6.07. The third-order valence-corrected chi connectivity index (χ3v) is 8.14. The second-order valence-electron chi connectivity index (χ2n) is 10.8. The zero-order chi connectivity index (χ0) is 30.9. The second-order valence-corrected chi connectivity index (χ2v) is 10.8. The molecule has 1 N–H and O–H groups in total.